The van der Waals surface area contributed by atoms with E-state index in [-0.39, 0.29) is 28.7 Å². The zero-order valence-corrected chi connectivity index (χ0v) is 19.2. The molecule has 8 nitrogen and oxygen atoms in total. The van der Waals surface area contributed by atoms with Crippen molar-refractivity contribution >= 4 is 40.6 Å². The quantitative estimate of drug-likeness (QED) is 0.438. The molecular weight excluding hydrogens is 452 g/mol. The number of ether oxygens (including phenoxy) is 2. The highest BCUT2D eigenvalue weighted by Crippen LogP contribution is 2.27. The van der Waals surface area contributed by atoms with Gasteiger partial charge in [-0.25, -0.2) is 0 Å². The van der Waals surface area contributed by atoms with Crippen LogP contribution in [0.25, 0.3) is 0 Å². The molecule has 2 aromatic carbocycles. The Labute approximate surface area is 194 Å². The van der Waals surface area contributed by atoms with Gasteiger partial charge in [0.05, 0.1) is 19.9 Å². The van der Waals surface area contributed by atoms with Gasteiger partial charge >= 0.3 is 0 Å². The van der Waals surface area contributed by atoms with E-state index in [0.717, 1.165) is 22.7 Å². The molecule has 2 amide bonds. The maximum atomic E-state index is 12.5. The van der Waals surface area contributed by atoms with Crippen LogP contribution in [-0.4, -0.2) is 37.0 Å². The normalized spacial score (nSPS) is 10.5. The molecule has 32 heavy (non-hydrogen) atoms. The van der Waals surface area contributed by atoms with E-state index in [1.807, 2.05) is 36.4 Å². The van der Waals surface area contributed by atoms with Crippen LogP contribution >= 0.6 is 23.1 Å². The second-order valence-corrected chi connectivity index (χ2v) is 7.92. The fourth-order valence-electron chi connectivity index (χ4n) is 2.96. The number of nitrogen functional groups attached to an aromatic ring is 1. The lowest BCUT2D eigenvalue weighted by molar-refractivity contribution is 0.0947. The molecule has 0 aliphatic carbocycles. The van der Waals surface area contributed by atoms with Gasteiger partial charge in [0.15, 0.2) is 17.2 Å². The van der Waals surface area contributed by atoms with Gasteiger partial charge < -0.3 is 25.8 Å². The van der Waals surface area contributed by atoms with Crippen LogP contribution in [0, 0.1) is 0 Å². The van der Waals surface area contributed by atoms with Gasteiger partial charge in [-0.3, -0.25) is 9.59 Å². The molecule has 0 saturated heterocycles. The van der Waals surface area contributed by atoms with Crippen molar-refractivity contribution in [2.75, 3.05) is 26.5 Å². The molecule has 0 aliphatic rings. The SMILES string of the molecule is COc1ccc(CCNC(=O)c2snc(C(=O)NCc3ccccc3Cl)c2N)cc1OC. The minimum Gasteiger partial charge on any atom is -0.493 e. The van der Waals surface area contributed by atoms with E-state index in [1.54, 1.807) is 20.3 Å². The Bertz CT molecular complexity index is 1120. The molecule has 4 N–H and O–H groups in total. The summed E-state index contributed by atoms with van der Waals surface area (Å²) in [5, 5.41) is 6.07. The Kier molecular flexibility index (Phi) is 7.91. The summed E-state index contributed by atoms with van der Waals surface area (Å²) < 4.78 is 14.6. The van der Waals surface area contributed by atoms with E-state index in [4.69, 9.17) is 26.8 Å². The van der Waals surface area contributed by atoms with Crippen molar-refractivity contribution in [2.24, 2.45) is 0 Å². The van der Waals surface area contributed by atoms with Crippen molar-refractivity contribution in [1.29, 1.82) is 0 Å². The van der Waals surface area contributed by atoms with E-state index in [1.165, 1.54) is 0 Å². The van der Waals surface area contributed by atoms with Crippen LogP contribution in [0.4, 0.5) is 5.69 Å². The first-order valence-electron chi connectivity index (χ1n) is 9.70. The van der Waals surface area contributed by atoms with Crippen LogP contribution in [0.3, 0.4) is 0 Å². The molecule has 1 heterocycles. The predicted molar refractivity (Wildman–Crippen MR) is 125 cm³/mol. The van der Waals surface area contributed by atoms with Gasteiger partial charge in [-0.15, -0.1) is 0 Å². The second kappa shape index (κ2) is 10.8. The number of aromatic nitrogens is 1. The number of carbonyl (C=O) groups is 2. The number of nitrogens with two attached hydrogens (primary N) is 1. The fourth-order valence-corrected chi connectivity index (χ4v) is 3.88. The lowest BCUT2D eigenvalue weighted by Crippen LogP contribution is -2.27. The number of halogens is 1. The molecule has 0 unspecified atom stereocenters. The molecular formula is C22H23ClN4O4S. The van der Waals surface area contributed by atoms with Gasteiger partial charge in [0.2, 0.25) is 0 Å². The number of anilines is 1. The third-order valence-corrected chi connectivity index (χ3v) is 5.92. The molecule has 0 bridgehead atoms. The Morgan fingerprint density at radius 1 is 1.06 bits per heavy atom. The minimum absolute atomic E-state index is 0.0205. The molecule has 3 rings (SSSR count). The Morgan fingerprint density at radius 3 is 2.53 bits per heavy atom. The molecule has 168 valence electrons. The Hall–Kier alpha value is -3.30. The standard InChI is InChI=1S/C22H23ClN4O4S/c1-30-16-8-7-13(11-17(16)31-2)9-10-25-22(29)20-18(24)19(27-32-20)21(28)26-12-14-5-3-4-6-15(14)23/h3-8,11H,9-10,12,24H2,1-2H3,(H,25,29)(H,26,28). The highest BCUT2D eigenvalue weighted by Gasteiger charge is 2.22. The van der Waals surface area contributed by atoms with Crippen LogP contribution in [0.2, 0.25) is 5.02 Å². The Morgan fingerprint density at radius 2 is 1.81 bits per heavy atom. The van der Waals surface area contributed by atoms with E-state index in [0.29, 0.717) is 29.5 Å². The lowest BCUT2D eigenvalue weighted by Gasteiger charge is -2.10. The number of hydrogen-bond acceptors (Lipinski definition) is 7. The van der Waals surface area contributed by atoms with Crippen LogP contribution in [0.1, 0.15) is 31.3 Å². The topological polar surface area (TPSA) is 116 Å². The monoisotopic (exact) mass is 474 g/mol. The number of hydrogen-bond donors (Lipinski definition) is 3. The summed E-state index contributed by atoms with van der Waals surface area (Å²) in [5.41, 5.74) is 7.84. The smallest absolute Gasteiger partial charge is 0.273 e. The third-order valence-electron chi connectivity index (χ3n) is 4.69. The van der Waals surface area contributed by atoms with Gasteiger partial charge in [-0.2, -0.15) is 4.37 Å². The van der Waals surface area contributed by atoms with Gasteiger partial charge in [-0.1, -0.05) is 35.9 Å². The summed E-state index contributed by atoms with van der Waals surface area (Å²) in [7, 11) is 3.14. The summed E-state index contributed by atoms with van der Waals surface area (Å²) in [6.07, 6.45) is 0.579. The molecule has 0 saturated carbocycles. The van der Waals surface area contributed by atoms with E-state index in [2.05, 4.69) is 15.0 Å². The number of carbonyl (C=O) groups excluding carboxylic acids is 2. The maximum Gasteiger partial charge on any atom is 0.273 e. The van der Waals surface area contributed by atoms with Gasteiger partial charge in [-0.05, 0) is 47.3 Å². The first-order chi connectivity index (χ1) is 15.4. The van der Waals surface area contributed by atoms with Crippen LogP contribution in [-0.2, 0) is 13.0 Å². The van der Waals surface area contributed by atoms with E-state index >= 15 is 0 Å². The summed E-state index contributed by atoms with van der Waals surface area (Å²) >= 11 is 6.98. The average Bonchev–Trinajstić information content (AvgIpc) is 3.19. The number of nitrogens with one attached hydrogen (secondary N) is 2. The number of nitrogens with zero attached hydrogens (tertiary/aromatic N) is 1. The number of amides is 2. The zero-order valence-electron chi connectivity index (χ0n) is 17.6. The largest absolute Gasteiger partial charge is 0.493 e. The molecule has 1 aromatic heterocycles. The highest BCUT2D eigenvalue weighted by atomic mass is 35.5. The molecule has 0 radical (unpaired) electrons. The number of rotatable bonds is 9. The molecule has 0 spiro atoms. The zero-order chi connectivity index (χ0) is 23.1. The van der Waals surface area contributed by atoms with Crippen molar-refractivity contribution in [3.05, 3.63) is 69.2 Å². The highest BCUT2D eigenvalue weighted by molar-refractivity contribution is 7.09. The van der Waals surface area contributed by atoms with Crippen LogP contribution in [0.15, 0.2) is 42.5 Å². The summed E-state index contributed by atoms with van der Waals surface area (Å²) in [5.74, 6) is 0.405. The molecule has 0 atom stereocenters. The second-order valence-electron chi connectivity index (χ2n) is 6.74. The first-order valence-corrected chi connectivity index (χ1v) is 10.9. The maximum absolute atomic E-state index is 12.5. The molecule has 0 aliphatic heterocycles. The van der Waals surface area contributed by atoms with Crippen molar-refractivity contribution in [1.82, 2.24) is 15.0 Å². The molecule has 10 heteroatoms. The summed E-state index contributed by atoms with van der Waals surface area (Å²) in [6.45, 7) is 0.599. The van der Waals surface area contributed by atoms with Crippen molar-refractivity contribution < 1.29 is 19.1 Å². The van der Waals surface area contributed by atoms with E-state index in [9.17, 15) is 9.59 Å². The fraction of sp³-hybridized carbons (Fsp3) is 0.227. The van der Waals surface area contributed by atoms with Crippen molar-refractivity contribution in [2.45, 2.75) is 13.0 Å². The average molecular weight is 475 g/mol. The van der Waals surface area contributed by atoms with Crippen LogP contribution < -0.4 is 25.8 Å². The summed E-state index contributed by atoms with van der Waals surface area (Å²) in [4.78, 5) is 25.2. The lowest BCUT2D eigenvalue weighted by atomic mass is 10.1. The van der Waals surface area contributed by atoms with Gasteiger partial charge in [0.25, 0.3) is 11.8 Å². The predicted octanol–water partition coefficient (Wildman–Crippen LogP) is 3.30. The minimum atomic E-state index is -0.469. The van der Waals surface area contributed by atoms with Crippen LogP contribution in [0.5, 0.6) is 11.5 Å². The number of methoxy groups -OCH3 is 2. The molecule has 0 fully saturated rings. The van der Waals surface area contributed by atoms with Gasteiger partial charge in [0.1, 0.15) is 4.88 Å². The first kappa shape index (κ1) is 23.4. The third kappa shape index (κ3) is 5.49. The number of benzene rings is 2. The Balaban J connectivity index is 1.56. The van der Waals surface area contributed by atoms with Crippen molar-refractivity contribution in [3.63, 3.8) is 0 Å². The summed E-state index contributed by atoms with van der Waals surface area (Å²) in [6, 6.07) is 12.8. The van der Waals surface area contributed by atoms with Gasteiger partial charge in [0, 0.05) is 18.1 Å². The van der Waals surface area contributed by atoms with E-state index < -0.39 is 5.91 Å². The van der Waals surface area contributed by atoms with Crippen molar-refractivity contribution in [3.8, 4) is 11.5 Å². The molecule has 3 aromatic rings.